The molecule has 0 aliphatic carbocycles. The molecule has 1 aromatic carbocycles. The average molecular weight is 461 g/mol. The van der Waals surface area contributed by atoms with E-state index in [0.29, 0.717) is 36.4 Å². The smallest absolute Gasteiger partial charge is 0.416 e. The summed E-state index contributed by atoms with van der Waals surface area (Å²) in [5.74, 6) is -0.579. The number of aromatic nitrogens is 2. The summed E-state index contributed by atoms with van der Waals surface area (Å²) >= 11 is 0. The van der Waals surface area contributed by atoms with E-state index in [9.17, 15) is 26.1 Å². The second-order valence-electron chi connectivity index (χ2n) is 7.94. The molecule has 7 nitrogen and oxygen atoms in total. The number of nitrogens with zero attached hydrogens (tertiary/aromatic N) is 2. The Bertz CT molecular complexity index is 1020. The van der Waals surface area contributed by atoms with E-state index >= 15 is 0 Å². The molecule has 1 aliphatic heterocycles. The first-order valence-electron chi connectivity index (χ1n) is 9.70. The molecule has 11 heteroatoms. The van der Waals surface area contributed by atoms with Crippen molar-refractivity contribution in [2.24, 2.45) is 0 Å². The Kier molecular flexibility index (Phi) is 6.80. The monoisotopic (exact) mass is 461 g/mol. The molecular weight excluding hydrogens is 437 g/mol. The van der Waals surface area contributed by atoms with Gasteiger partial charge in [-0.15, -0.1) is 0 Å². The average Bonchev–Trinajstić information content (AvgIpc) is 3.09. The van der Waals surface area contributed by atoms with Gasteiger partial charge in [-0.1, -0.05) is 25.1 Å². The zero-order valence-corrected chi connectivity index (χ0v) is 18.0. The van der Waals surface area contributed by atoms with E-state index in [1.807, 2.05) is 6.92 Å². The molecule has 0 bridgehead atoms. The van der Waals surface area contributed by atoms with Crippen LogP contribution in [0.5, 0.6) is 0 Å². The highest BCUT2D eigenvalue weighted by molar-refractivity contribution is 7.85. The van der Waals surface area contributed by atoms with Gasteiger partial charge in [0.15, 0.2) is 0 Å². The predicted molar refractivity (Wildman–Crippen MR) is 104 cm³/mol. The van der Waals surface area contributed by atoms with Gasteiger partial charge in [0, 0.05) is 25.9 Å². The minimum atomic E-state index is -4.43. The van der Waals surface area contributed by atoms with Crippen molar-refractivity contribution in [2.45, 2.75) is 50.6 Å². The van der Waals surface area contributed by atoms with Crippen molar-refractivity contribution in [3.63, 3.8) is 0 Å². The highest BCUT2D eigenvalue weighted by atomic mass is 32.2. The second-order valence-corrected chi connectivity index (χ2v) is 9.47. The van der Waals surface area contributed by atoms with Crippen LogP contribution in [0.4, 0.5) is 13.2 Å². The molecule has 1 fully saturated rings. The van der Waals surface area contributed by atoms with Crippen molar-refractivity contribution >= 4 is 10.1 Å². The van der Waals surface area contributed by atoms with E-state index in [1.165, 1.54) is 23.9 Å². The van der Waals surface area contributed by atoms with Gasteiger partial charge in [-0.2, -0.15) is 18.3 Å². The summed E-state index contributed by atoms with van der Waals surface area (Å²) < 4.78 is 85.0. The number of ether oxygens (including phenoxy) is 2. The molecule has 2 heterocycles. The van der Waals surface area contributed by atoms with Crippen molar-refractivity contribution in [2.75, 3.05) is 19.5 Å². The van der Waals surface area contributed by atoms with Crippen LogP contribution in [0.1, 0.15) is 48.4 Å². The van der Waals surface area contributed by atoms with E-state index in [4.69, 9.17) is 9.47 Å². The molecule has 1 aliphatic rings. The first-order chi connectivity index (χ1) is 14.4. The van der Waals surface area contributed by atoms with E-state index in [1.54, 1.807) is 12.1 Å². The highest BCUT2D eigenvalue weighted by Gasteiger charge is 2.38. The maximum atomic E-state index is 13.2. The molecule has 2 unspecified atom stereocenters. The zero-order valence-electron chi connectivity index (χ0n) is 17.2. The zero-order chi connectivity index (χ0) is 22.9. The molecule has 1 aromatic heterocycles. The van der Waals surface area contributed by atoms with Crippen LogP contribution in [-0.2, 0) is 44.3 Å². The topological polar surface area (TPSA) is 93.5 Å². The molecule has 0 saturated carbocycles. The number of hydrogen-bond donors (Lipinski definition) is 0. The summed E-state index contributed by atoms with van der Waals surface area (Å²) in [6.07, 6.45) is -4.00. The minimum absolute atomic E-state index is 0.0484. The van der Waals surface area contributed by atoms with Crippen molar-refractivity contribution in [3.8, 4) is 0 Å². The van der Waals surface area contributed by atoms with E-state index in [0.717, 1.165) is 6.07 Å². The Morgan fingerprint density at radius 2 is 2.10 bits per heavy atom. The molecule has 31 heavy (non-hydrogen) atoms. The van der Waals surface area contributed by atoms with Crippen LogP contribution >= 0.6 is 0 Å². The highest BCUT2D eigenvalue weighted by Crippen LogP contribution is 2.43. The Morgan fingerprint density at radius 1 is 1.35 bits per heavy atom. The van der Waals surface area contributed by atoms with Gasteiger partial charge in [0.25, 0.3) is 0 Å². The maximum Gasteiger partial charge on any atom is 0.416 e. The molecule has 0 N–H and O–H groups in total. The van der Waals surface area contributed by atoms with E-state index in [-0.39, 0.29) is 13.2 Å². The Morgan fingerprint density at radius 3 is 2.74 bits per heavy atom. The van der Waals surface area contributed by atoms with Crippen LogP contribution < -0.4 is 0 Å². The van der Waals surface area contributed by atoms with Crippen LogP contribution in [0.3, 0.4) is 0 Å². The van der Waals surface area contributed by atoms with Gasteiger partial charge in [0.2, 0.25) is 0 Å². The fraction of sp³-hybridized carbons (Fsp3) is 0.550. The molecule has 3 rings (SSSR count). The van der Waals surface area contributed by atoms with Gasteiger partial charge in [-0.3, -0.25) is 0 Å². The van der Waals surface area contributed by atoms with E-state index in [2.05, 4.69) is 5.10 Å². The lowest BCUT2D eigenvalue weighted by Crippen LogP contribution is -2.33. The van der Waals surface area contributed by atoms with Crippen LogP contribution in [0.2, 0.25) is 0 Å². The molecule has 1 saturated heterocycles. The van der Waals surface area contributed by atoms with Gasteiger partial charge in [-0.05, 0) is 36.0 Å². The number of hydrogen-bond acceptors (Lipinski definition) is 6. The summed E-state index contributed by atoms with van der Waals surface area (Å²) in [4.78, 5) is 0. The Labute approximate surface area is 178 Å². The number of alkyl halides is 3. The summed E-state index contributed by atoms with van der Waals surface area (Å²) in [6, 6.07) is 6.99. The minimum Gasteiger partial charge on any atom is -0.748 e. The number of aryl methyl sites for hydroxylation is 1. The van der Waals surface area contributed by atoms with Gasteiger partial charge in [-0.25, -0.2) is 13.1 Å². The summed E-state index contributed by atoms with van der Waals surface area (Å²) in [6.45, 7) is 2.32. The number of methoxy groups -OCH3 is 1. The molecule has 172 valence electrons. The lowest BCUT2D eigenvalue weighted by atomic mass is 9.73. The van der Waals surface area contributed by atoms with Crippen LogP contribution in [-0.4, -0.2) is 42.2 Å². The molecule has 2 atom stereocenters. The summed E-state index contributed by atoms with van der Waals surface area (Å²) in [5.41, 5.74) is 0.343. The Hall–Kier alpha value is -1.95. The molecule has 0 radical (unpaired) electrons. The predicted octanol–water partition coefficient (Wildman–Crippen LogP) is 3.40. The summed E-state index contributed by atoms with van der Waals surface area (Å²) in [5, 5.41) is 4.30. The van der Waals surface area contributed by atoms with E-state index < -0.39 is 39.1 Å². The summed E-state index contributed by atoms with van der Waals surface area (Å²) in [7, 11) is -2.91. The Balaban J connectivity index is 1.88. The third kappa shape index (κ3) is 5.85. The third-order valence-corrected chi connectivity index (χ3v) is 6.25. The lowest BCUT2D eigenvalue weighted by Gasteiger charge is -2.39. The quantitative estimate of drug-likeness (QED) is 0.587. The molecular formula is C20H24F3N2O5S-. The fourth-order valence-electron chi connectivity index (χ4n) is 3.84. The number of rotatable bonds is 7. The second kappa shape index (κ2) is 8.89. The first kappa shape index (κ1) is 23.7. The number of benzene rings is 1. The SMILES string of the molecule is COCn1nc(CCS(=O)(=O)[O-])cc1C1CC(C)(c2cccc(C(F)(F)F)c2)CCO1. The van der Waals surface area contributed by atoms with Crippen molar-refractivity contribution in [1.29, 1.82) is 0 Å². The standard InChI is InChI=1S/C20H25F3N2O5S/c1-19(14-4-3-5-15(10-14)20(21,22)23)7-8-30-18(12-19)17-11-16(6-9-31(26,27)28)24-25(17)13-29-2/h3-5,10-11,18H,6-9,12-13H2,1-2H3,(H,26,27,28)/p-1. The molecule has 0 amide bonds. The fourth-order valence-corrected chi connectivity index (χ4v) is 4.30. The van der Waals surface area contributed by atoms with Crippen molar-refractivity contribution < 1.29 is 35.6 Å². The largest absolute Gasteiger partial charge is 0.748 e. The van der Waals surface area contributed by atoms with Gasteiger partial charge in [0.05, 0.1) is 27.1 Å². The van der Waals surface area contributed by atoms with Crippen LogP contribution in [0.25, 0.3) is 0 Å². The van der Waals surface area contributed by atoms with Gasteiger partial charge >= 0.3 is 6.18 Å². The maximum absolute atomic E-state index is 13.2. The van der Waals surface area contributed by atoms with Crippen LogP contribution in [0.15, 0.2) is 30.3 Å². The third-order valence-electron chi connectivity index (χ3n) is 5.55. The lowest BCUT2D eigenvalue weighted by molar-refractivity contribution is -0.137. The number of halogens is 3. The molecule has 2 aromatic rings. The molecule has 0 spiro atoms. The first-order valence-corrected chi connectivity index (χ1v) is 11.3. The van der Waals surface area contributed by atoms with Crippen LogP contribution in [0, 0.1) is 0 Å². The van der Waals surface area contributed by atoms with Crippen molar-refractivity contribution in [3.05, 3.63) is 52.8 Å². The normalized spacial score (nSPS) is 22.6. The van der Waals surface area contributed by atoms with Crippen molar-refractivity contribution in [1.82, 2.24) is 9.78 Å². The van der Waals surface area contributed by atoms with Gasteiger partial charge < -0.3 is 14.0 Å². The van der Waals surface area contributed by atoms with Gasteiger partial charge in [0.1, 0.15) is 12.8 Å².